The zero-order valence-electron chi connectivity index (χ0n) is 17.3. The van der Waals surface area contributed by atoms with Crippen LogP contribution >= 0.6 is 0 Å². The Kier molecular flexibility index (Phi) is 5.81. The molecule has 2 aromatic rings. The molecule has 2 aliphatic rings. The lowest BCUT2D eigenvalue weighted by atomic mass is 9.71. The molecule has 2 aliphatic heterocycles. The Hall–Kier alpha value is -2.80. The number of amides is 2. The van der Waals surface area contributed by atoms with Crippen LogP contribution in [0.2, 0.25) is 0 Å². The quantitative estimate of drug-likeness (QED) is 0.838. The maximum absolute atomic E-state index is 12.9. The van der Waals surface area contributed by atoms with Crippen LogP contribution in [0.15, 0.2) is 42.9 Å². The van der Waals surface area contributed by atoms with Gasteiger partial charge in [-0.25, -0.2) is 0 Å². The summed E-state index contributed by atoms with van der Waals surface area (Å²) in [5.74, 6) is -0.00662. The molecular weight excluding hydrogens is 380 g/mol. The number of rotatable bonds is 3. The largest absolute Gasteiger partial charge is 0.391 e. The van der Waals surface area contributed by atoms with E-state index in [1.165, 1.54) is 0 Å². The van der Waals surface area contributed by atoms with Gasteiger partial charge in [-0.15, -0.1) is 0 Å². The van der Waals surface area contributed by atoms with E-state index in [1.54, 1.807) is 35.6 Å². The Morgan fingerprint density at radius 1 is 1.20 bits per heavy atom. The monoisotopic (exact) mass is 408 g/mol. The van der Waals surface area contributed by atoms with Crippen LogP contribution in [0.5, 0.6) is 0 Å². The summed E-state index contributed by atoms with van der Waals surface area (Å²) >= 11 is 0. The van der Waals surface area contributed by atoms with Crippen LogP contribution in [0.1, 0.15) is 40.9 Å². The Morgan fingerprint density at radius 2 is 2.00 bits per heavy atom. The van der Waals surface area contributed by atoms with Gasteiger partial charge in [0.1, 0.15) is 0 Å². The first-order chi connectivity index (χ1) is 14.4. The van der Waals surface area contributed by atoms with Crippen molar-refractivity contribution in [1.82, 2.24) is 19.8 Å². The number of hydrogen-bond donors (Lipinski definition) is 1. The van der Waals surface area contributed by atoms with Crippen LogP contribution in [0.3, 0.4) is 0 Å². The average molecular weight is 409 g/mol. The molecular formula is C23H28N4O3. The summed E-state index contributed by atoms with van der Waals surface area (Å²) in [7, 11) is 0. The van der Waals surface area contributed by atoms with Crippen LogP contribution in [0.4, 0.5) is 0 Å². The van der Waals surface area contributed by atoms with E-state index in [0.717, 1.165) is 24.1 Å². The predicted molar refractivity (Wildman–Crippen MR) is 112 cm³/mol. The number of aliphatic hydroxyl groups is 1. The molecule has 0 aromatic carbocycles. The highest BCUT2D eigenvalue weighted by molar-refractivity contribution is 5.94. The fraction of sp³-hybridized carbons (Fsp3) is 0.478. The molecule has 2 aromatic heterocycles. The second-order valence-electron chi connectivity index (χ2n) is 8.67. The highest BCUT2D eigenvalue weighted by atomic mass is 16.3. The lowest BCUT2D eigenvalue weighted by Crippen LogP contribution is -2.56. The molecule has 4 heterocycles. The number of aryl methyl sites for hydroxylation is 1. The fourth-order valence-corrected chi connectivity index (χ4v) is 4.73. The molecule has 0 saturated carbocycles. The van der Waals surface area contributed by atoms with E-state index < -0.39 is 6.10 Å². The molecule has 7 nitrogen and oxygen atoms in total. The Labute approximate surface area is 176 Å². The van der Waals surface area contributed by atoms with Gasteiger partial charge in [-0.2, -0.15) is 0 Å². The number of likely N-dealkylation sites (tertiary alicyclic amines) is 2. The van der Waals surface area contributed by atoms with Crippen molar-refractivity contribution in [2.24, 2.45) is 5.41 Å². The molecule has 1 atom stereocenters. The minimum Gasteiger partial charge on any atom is -0.391 e. The van der Waals surface area contributed by atoms with Crippen molar-refractivity contribution in [3.8, 4) is 0 Å². The van der Waals surface area contributed by atoms with Gasteiger partial charge in [0.25, 0.3) is 5.91 Å². The van der Waals surface area contributed by atoms with Gasteiger partial charge in [-0.05, 0) is 61.4 Å². The fourth-order valence-electron chi connectivity index (χ4n) is 4.73. The topological polar surface area (TPSA) is 86.6 Å². The number of aromatic nitrogens is 2. The van der Waals surface area contributed by atoms with Crippen LogP contribution in [-0.2, 0) is 11.2 Å². The zero-order valence-corrected chi connectivity index (χ0v) is 17.3. The summed E-state index contributed by atoms with van der Waals surface area (Å²) in [6.07, 6.45) is 6.95. The first kappa shape index (κ1) is 20.5. The third-order valence-corrected chi connectivity index (χ3v) is 6.30. The van der Waals surface area contributed by atoms with Gasteiger partial charge in [0, 0.05) is 50.5 Å². The Morgan fingerprint density at radius 3 is 2.70 bits per heavy atom. The summed E-state index contributed by atoms with van der Waals surface area (Å²) in [6, 6.07) is 7.37. The summed E-state index contributed by atoms with van der Waals surface area (Å²) in [5.41, 5.74) is 2.29. The maximum Gasteiger partial charge on any atom is 0.255 e. The molecule has 4 rings (SSSR count). The number of β-amino-alcohol motifs (C(OH)–C–C–N with tert-alkyl or cyclic N) is 1. The van der Waals surface area contributed by atoms with E-state index in [4.69, 9.17) is 0 Å². The highest BCUT2D eigenvalue weighted by Gasteiger charge is 2.43. The maximum atomic E-state index is 12.9. The van der Waals surface area contributed by atoms with Gasteiger partial charge in [0.05, 0.1) is 18.1 Å². The minimum absolute atomic E-state index is 0.0857. The summed E-state index contributed by atoms with van der Waals surface area (Å²) < 4.78 is 0. The third kappa shape index (κ3) is 4.51. The molecule has 1 spiro atoms. The van der Waals surface area contributed by atoms with Crippen LogP contribution in [-0.4, -0.2) is 69.0 Å². The summed E-state index contributed by atoms with van der Waals surface area (Å²) in [6.45, 7) is 4.24. The van der Waals surface area contributed by atoms with Crippen molar-refractivity contribution >= 4 is 11.8 Å². The van der Waals surface area contributed by atoms with Crippen LogP contribution < -0.4 is 0 Å². The number of hydrogen-bond acceptors (Lipinski definition) is 5. The van der Waals surface area contributed by atoms with E-state index >= 15 is 0 Å². The van der Waals surface area contributed by atoms with Crippen molar-refractivity contribution < 1.29 is 14.7 Å². The van der Waals surface area contributed by atoms with Gasteiger partial charge in [-0.3, -0.25) is 19.6 Å². The second kappa shape index (κ2) is 8.52. The molecule has 30 heavy (non-hydrogen) atoms. The van der Waals surface area contributed by atoms with Gasteiger partial charge >= 0.3 is 0 Å². The molecule has 2 amide bonds. The van der Waals surface area contributed by atoms with Crippen molar-refractivity contribution in [1.29, 1.82) is 0 Å². The molecule has 0 radical (unpaired) electrons. The normalized spacial score (nSPS) is 20.9. The number of aliphatic hydroxyl groups excluding tert-OH is 1. The Bertz CT molecular complexity index is 910. The lowest BCUT2D eigenvalue weighted by Gasteiger charge is -2.49. The zero-order chi connectivity index (χ0) is 21.1. The molecule has 1 N–H and O–H groups in total. The highest BCUT2D eigenvalue weighted by Crippen LogP contribution is 2.40. The molecule has 0 bridgehead atoms. The number of pyridine rings is 2. The van der Waals surface area contributed by atoms with E-state index in [-0.39, 0.29) is 17.2 Å². The smallest absolute Gasteiger partial charge is 0.255 e. The van der Waals surface area contributed by atoms with Gasteiger partial charge < -0.3 is 14.9 Å². The SMILES string of the molecule is Cc1ccnc(CC(=O)N2CCC3(CC2)CC(O)CN(C(=O)c2cccnc2)C3)c1. The van der Waals surface area contributed by atoms with Crippen LogP contribution in [0.25, 0.3) is 0 Å². The van der Waals surface area contributed by atoms with Crippen molar-refractivity contribution in [3.05, 3.63) is 59.7 Å². The summed E-state index contributed by atoms with van der Waals surface area (Å²) in [4.78, 5) is 37.6. The number of piperidine rings is 2. The van der Waals surface area contributed by atoms with Crippen molar-refractivity contribution in [2.75, 3.05) is 26.2 Å². The number of nitrogens with zero attached hydrogens (tertiary/aromatic N) is 4. The number of carbonyl (C=O) groups excluding carboxylic acids is 2. The van der Waals surface area contributed by atoms with Gasteiger partial charge in [0.15, 0.2) is 0 Å². The van der Waals surface area contributed by atoms with E-state index in [9.17, 15) is 14.7 Å². The minimum atomic E-state index is -0.543. The first-order valence-corrected chi connectivity index (χ1v) is 10.5. The standard InChI is InChI=1S/C23H28N4O3/c1-17-4-8-25-19(11-17)12-21(29)26-9-5-23(6-10-26)13-20(28)15-27(16-23)22(30)18-3-2-7-24-14-18/h2-4,7-8,11,14,20,28H,5-6,9-10,12-13,15-16H2,1H3. The first-order valence-electron chi connectivity index (χ1n) is 10.5. The van der Waals surface area contributed by atoms with Crippen molar-refractivity contribution in [3.63, 3.8) is 0 Å². The van der Waals surface area contributed by atoms with Crippen molar-refractivity contribution in [2.45, 2.75) is 38.7 Å². The van der Waals surface area contributed by atoms with Gasteiger partial charge in [-0.1, -0.05) is 0 Å². The molecule has 7 heteroatoms. The Balaban J connectivity index is 1.39. The molecule has 0 aliphatic carbocycles. The van der Waals surface area contributed by atoms with E-state index in [2.05, 4.69) is 9.97 Å². The van der Waals surface area contributed by atoms with E-state index in [1.807, 2.05) is 24.0 Å². The third-order valence-electron chi connectivity index (χ3n) is 6.30. The van der Waals surface area contributed by atoms with Crippen LogP contribution in [0, 0.1) is 12.3 Å². The molecule has 1 unspecified atom stereocenters. The lowest BCUT2D eigenvalue weighted by molar-refractivity contribution is -0.134. The van der Waals surface area contributed by atoms with E-state index in [0.29, 0.717) is 44.6 Å². The molecule has 2 saturated heterocycles. The average Bonchev–Trinajstić information content (AvgIpc) is 2.74. The van der Waals surface area contributed by atoms with Gasteiger partial charge in [0.2, 0.25) is 5.91 Å². The molecule has 158 valence electrons. The molecule has 2 fully saturated rings. The number of carbonyl (C=O) groups is 2. The predicted octanol–water partition coefficient (Wildman–Crippen LogP) is 1.84. The second-order valence-corrected chi connectivity index (χ2v) is 8.67. The summed E-state index contributed by atoms with van der Waals surface area (Å²) in [5, 5.41) is 10.5.